The van der Waals surface area contributed by atoms with E-state index >= 15 is 0 Å². The van der Waals surface area contributed by atoms with Gasteiger partial charge in [-0.05, 0) is 49.4 Å². The number of hydrogen-bond donors (Lipinski definition) is 2. The SMILES string of the molecule is Cc1ccccn1.O=C(O)c1cccc(NS(=O)(=O)c2ccccc2)c1. The Morgan fingerprint density at radius 2 is 1.65 bits per heavy atom. The van der Waals surface area contributed by atoms with E-state index in [0.29, 0.717) is 0 Å². The van der Waals surface area contributed by atoms with Crippen molar-refractivity contribution in [2.24, 2.45) is 0 Å². The highest BCUT2D eigenvalue weighted by Crippen LogP contribution is 2.16. The molecule has 0 amide bonds. The third-order valence-corrected chi connectivity index (χ3v) is 4.63. The van der Waals surface area contributed by atoms with Crippen molar-refractivity contribution < 1.29 is 18.3 Å². The molecule has 7 heteroatoms. The van der Waals surface area contributed by atoms with Crippen LogP contribution in [-0.2, 0) is 10.0 Å². The Kier molecular flexibility index (Phi) is 6.46. The van der Waals surface area contributed by atoms with Gasteiger partial charge in [-0.2, -0.15) is 0 Å². The van der Waals surface area contributed by atoms with E-state index < -0.39 is 16.0 Å². The Hall–Kier alpha value is -3.19. The smallest absolute Gasteiger partial charge is 0.335 e. The first kappa shape index (κ1) is 19.1. The second-order valence-corrected chi connectivity index (χ2v) is 6.96. The van der Waals surface area contributed by atoms with Gasteiger partial charge in [-0.15, -0.1) is 0 Å². The van der Waals surface area contributed by atoms with Gasteiger partial charge < -0.3 is 5.11 Å². The van der Waals surface area contributed by atoms with E-state index in [2.05, 4.69) is 9.71 Å². The summed E-state index contributed by atoms with van der Waals surface area (Å²) in [7, 11) is -3.70. The molecule has 3 aromatic rings. The number of carbonyl (C=O) groups is 1. The fourth-order valence-electron chi connectivity index (χ4n) is 1.98. The number of nitrogens with one attached hydrogen (secondary N) is 1. The molecule has 2 N–H and O–H groups in total. The molecule has 0 saturated heterocycles. The Morgan fingerprint density at radius 1 is 0.962 bits per heavy atom. The van der Waals surface area contributed by atoms with E-state index in [9.17, 15) is 13.2 Å². The van der Waals surface area contributed by atoms with Crippen molar-refractivity contribution in [2.75, 3.05) is 4.72 Å². The molecule has 1 heterocycles. The summed E-state index contributed by atoms with van der Waals surface area (Å²) in [5.74, 6) is -1.11. The van der Waals surface area contributed by atoms with Crippen LogP contribution in [0.1, 0.15) is 16.1 Å². The van der Waals surface area contributed by atoms with Gasteiger partial charge in [0.1, 0.15) is 0 Å². The molecule has 6 nitrogen and oxygen atoms in total. The number of aromatic nitrogens is 1. The number of carboxylic acid groups (broad SMARTS) is 1. The normalized spacial score (nSPS) is 10.3. The molecule has 0 unspecified atom stereocenters. The first-order chi connectivity index (χ1) is 12.4. The zero-order chi connectivity index (χ0) is 19.0. The maximum Gasteiger partial charge on any atom is 0.335 e. The third-order valence-electron chi connectivity index (χ3n) is 3.23. The van der Waals surface area contributed by atoms with Gasteiger partial charge in [-0.25, -0.2) is 13.2 Å². The molecular formula is C19H18N2O4S. The molecule has 2 aromatic carbocycles. The lowest BCUT2D eigenvalue weighted by Crippen LogP contribution is -2.13. The lowest BCUT2D eigenvalue weighted by atomic mass is 10.2. The molecule has 134 valence electrons. The predicted octanol–water partition coefficient (Wildman–Crippen LogP) is 3.58. The van der Waals surface area contributed by atoms with E-state index in [-0.39, 0.29) is 16.1 Å². The molecule has 0 aliphatic carbocycles. The molecule has 26 heavy (non-hydrogen) atoms. The molecule has 0 radical (unpaired) electrons. The van der Waals surface area contributed by atoms with Crippen molar-refractivity contribution in [3.05, 3.63) is 90.3 Å². The summed E-state index contributed by atoms with van der Waals surface area (Å²) in [4.78, 5) is 14.9. The number of sulfonamides is 1. The molecule has 3 rings (SSSR count). The fraction of sp³-hybridized carbons (Fsp3) is 0.0526. The number of benzene rings is 2. The molecule has 0 aliphatic rings. The molecular weight excluding hydrogens is 352 g/mol. The highest BCUT2D eigenvalue weighted by molar-refractivity contribution is 7.92. The Bertz CT molecular complexity index is 959. The maximum absolute atomic E-state index is 12.0. The number of hydrogen-bond acceptors (Lipinski definition) is 4. The molecule has 0 bridgehead atoms. The van der Waals surface area contributed by atoms with Crippen molar-refractivity contribution in [1.82, 2.24) is 4.98 Å². The zero-order valence-corrected chi connectivity index (χ0v) is 14.8. The predicted molar refractivity (Wildman–Crippen MR) is 99.6 cm³/mol. The van der Waals surface area contributed by atoms with Crippen molar-refractivity contribution >= 4 is 21.7 Å². The number of aryl methyl sites for hydroxylation is 1. The van der Waals surface area contributed by atoms with Crippen LogP contribution in [0.15, 0.2) is 83.9 Å². The fourth-order valence-corrected chi connectivity index (χ4v) is 3.05. The van der Waals surface area contributed by atoms with Gasteiger partial charge in [0.2, 0.25) is 0 Å². The van der Waals surface area contributed by atoms with Gasteiger partial charge in [-0.1, -0.05) is 30.3 Å². The average Bonchev–Trinajstić information content (AvgIpc) is 2.63. The van der Waals surface area contributed by atoms with Crippen molar-refractivity contribution in [3.63, 3.8) is 0 Å². The number of nitrogens with zero attached hydrogens (tertiary/aromatic N) is 1. The zero-order valence-electron chi connectivity index (χ0n) is 14.0. The molecule has 0 aliphatic heterocycles. The Morgan fingerprint density at radius 3 is 2.19 bits per heavy atom. The first-order valence-corrected chi connectivity index (χ1v) is 9.16. The summed E-state index contributed by atoms with van der Waals surface area (Å²) < 4.78 is 26.4. The van der Waals surface area contributed by atoms with E-state index in [4.69, 9.17) is 5.11 Å². The van der Waals surface area contributed by atoms with E-state index in [1.165, 1.54) is 36.4 Å². The van der Waals surface area contributed by atoms with Gasteiger partial charge in [0, 0.05) is 17.6 Å². The quantitative estimate of drug-likeness (QED) is 0.732. The summed E-state index contributed by atoms with van der Waals surface area (Å²) in [5, 5.41) is 8.85. The van der Waals surface area contributed by atoms with Crippen LogP contribution in [0.2, 0.25) is 0 Å². The molecule has 0 spiro atoms. The van der Waals surface area contributed by atoms with E-state index in [1.54, 1.807) is 24.4 Å². The maximum atomic E-state index is 12.0. The minimum Gasteiger partial charge on any atom is -0.478 e. The Balaban J connectivity index is 0.000000290. The molecule has 0 fully saturated rings. The summed E-state index contributed by atoms with van der Waals surface area (Å²) in [6.07, 6.45) is 1.79. The van der Waals surface area contributed by atoms with E-state index in [0.717, 1.165) is 5.69 Å². The van der Waals surface area contributed by atoms with Gasteiger partial charge >= 0.3 is 5.97 Å². The second-order valence-electron chi connectivity index (χ2n) is 5.28. The van der Waals surface area contributed by atoms with Crippen LogP contribution in [0.5, 0.6) is 0 Å². The highest BCUT2D eigenvalue weighted by Gasteiger charge is 2.14. The summed E-state index contributed by atoms with van der Waals surface area (Å²) in [5.41, 5.74) is 1.31. The van der Waals surface area contributed by atoms with Crippen molar-refractivity contribution in [3.8, 4) is 0 Å². The van der Waals surface area contributed by atoms with Crippen LogP contribution in [-0.4, -0.2) is 24.5 Å². The average molecular weight is 370 g/mol. The lowest BCUT2D eigenvalue weighted by Gasteiger charge is -2.08. The third kappa shape index (κ3) is 5.71. The van der Waals surface area contributed by atoms with Crippen LogP contribution in [0, 0.1) is 6.92 Å². The molecule has 1 aromatic heterocycles. The second kappa shape index (κ2) is 8.77. The Labute approximate surface area is 152 Å². The first-order valence-electron chi connectivity index (χ1n) is 7.67. The minimum atomic E-state index is -3.70. The number of aromatic carboxylic acids is 1. The topological polar surface area (TPSA) is 96.4 Å². The lowest BCUT2D eigenvalue weighted by molar-refractivity contribution is 0.0697. The molecule has 0 saturated carbocycles. The van der Waals surface area contributed by atoms with Gasteiger partial charge in [-0.3, -0.25) is 9.71 Å². The molecule has 0 atom stereocenters. The number of carboxylic acids is 1. The van der Waals surface area contributed by atoms with Gasteiger partial charge in [0.25, 0.3) is 10.0 Å². The highest BCUT2D eigenvalue weighted by atomic mass is 32.2. The van der Waals surface area contributed by atoms with Crippen LogP contribution in [0.4, 0.5) is 5.69 Å². The van der Waals surface area contributed by atoms with Crippen LogP contribution >= 0.6 is 0 Å². The van der Waals surface area contributed by atoms with Gasteiger partial charge in [0.05, 0.1) is 10.5 Å². The van der Waals surface area contributed by atoms with Crippen molar-refractivity contribution in [2.45, 2.75) is 11.8 Å². The van der Waals surface area contributed by atoms with Crippen LogP contribution in [0.3, 0.4) is 0 Å². The number of pyridine rings is 1. The largest absolute Gasteiger partial charge is 0.478 e. The number of rotatable bonds is 4. The van der Waals surface area contributed by atoms with E-state index in [1.807, 2.05) is 25.1 Å². The van der Waals surface area contributed by atoms with Crippen molar-refractivity contribution in [1.29, 1.82) is 0 Å². The monoisotopic (exact) mass is 370 g/mol. The standard InChI is InChI=1S/C13H11NO4S.C6H7N/c15-13(16)10-5-4-6-11(9-10)14-19(17,18)12-7-2-1-3-8-12;1-6-4-2-3-5-7-6/h1-9,14H,(H,15,16);2-5H,1H3. The minimum absolute atomic E-state index is 0.0215. The van der Waals surface area contributed by atoms with Crippen LogP contribution < -0.4 is 4.72 Å². The van der Waals surface area contributed by atoms with Gasteiger partial charge in [0.15, 0.2) is 0 Å². The number of anilines is 1. The summed E-state index contributed by atoms with van der Waals surface area (Å²) in [6, 6.07) is 19.3. The summed E-state index contributed by atoms with van der Waals surface area (Å²) >= 11 is 0. The summed E-state index contributed by atoms with van der Waals surface area (Å²) in [6.45, 7) is 1.97. The van der Waals surface area contributed by atoms with Crippen LogP contribution in [0.25, 0.3) is 0 Å².